The molecule has 170 valence electrons. The molecule has 0 unspecified atom stereocenters. The average molecular weight is 421 g/mol. The zero-order valence-corrected chi connectivity index (χ0v) is 18.6. The van der Waals surface area contributed by atoms with E-state index in [-0.39, 0.29) is 0 Å². The van der Waals surface area contributed by atoms with Crippen LogP contribution in [0, 0.1) is 5.92 Å². The van der Waals surface area contributed by atoms with E-state index in [2.05, 4.69) is 16.3 Å². The van der Waals surface area contributed by atoms with Gasteiger partial charge in [-0.05, 0) is 57.3 Å². The van der Waals surface area contributed by atoms with Crippen LogP contribution < -0.4 is 14.8 Å². The minimum absolute atomic E-state index is 0.302. The van der Waals surface area contributed by atoms with Gasteiger partial charge in [0.15, 0.2) is 0 Å². The van der Waals surface area contributed by atoms with E-state index in [0.717, 1.165) is 69.3 Å². The molecule has 0 amide bonds. The van der Waals surface area contributed by atoms with E-state index >= 15 is 0 Å². The van der Waals surface area contributed by atoms with Crippen LogP contribution in [-0.4, -0.2) is 69.2 Å². The van der Waals surface area contributed by atoms with Gasteiger partial charge in [-0.2, -0.15) is 0 Å². The van der Waals surface area contributed by atoms with Crippen molar-refractivity contribution in [2.45, 2.75) is 57.6 Å². The van der Waals surface area contributed by atoms with Crippen molar-refractivity contribution in [1.82, 2.24) is 10.2 Å². The Morgan fingerprint density at radius 3 is 2.60 bits per heavy atom. The maximum absolute atomic E-state index is 10.6. The molecule has 2 aliphatic heterocycles. The molecule has 1 aromatic rings. The highest BCUT2D eigenvalue weighted by Crippen LogP contribution is 2.25. The van der Waals surface area contributed by atoms with Crippen molar-refractivity contribution in [3.8, 4) is 11.5 Å². The number of aliphatic hydroxyl groups is 1. The maximum Gasteiger partial charge on any atom is 0.127 e. The summed E-state index contributed by atoms with van der Waals surface area (Å²) in [5.74, 6) is 2.25. The Bertz CT molecular complexity index is 599. The minimum Gasteiger partial charge on any atom is -0.497 e. The van der Waals surface area contributed by atoms with E-state index in [0.29, 0.717) is 19.1 Å². The Hall–Kier alpha value is -1.34. The van der Waals surface area contributed by atoms with Gasteiger partial charge in [-0.15, -0.1) is 0 Å². The topological polar surface area (TPSA) is 63.2 Å². The summed E-state index contributed by atoms with van der Waals surface area (Å²) in [6.45, 7) is 6.63. The number of hydrogen-bond donors (Lipinski definition) is 2. The van der Waals surface area contributed by atoms with Crippen molar-refractivity contribution in [1.29, 1.82) is 0 Å². The molecule has 2 aliphatic rings. The van der Waals surface area contributed by atoms with E-state index in [1.165, 1.54) is 32.1 Å². The molecule has 0 saturated carbocycles. The number of β-amino-alcohol motifs (C(OH)–C–C–N with tert-alkyl or cyclic N) is 1. The third-order valence-electron chi connectivity index (χ3n) is 6.21. The summed E-state index contributed by atoms with van der Waals surface area (Å²) < 4.78 is 16.9. The SMILES string of the molecule is COc1ccc(CNCC2CCOCC2)c(OC[C@H](O)CN2CCCCCCC2)c1. The number of likely N-dealkylation sites (tertiary alicyclic amines) is 1. The van der Waals surface area contributed by atoms with Crippen molar-refractivity contribution < 1.29 is 19.3 Å². The third kappa shape index (κ3) is 8.06. The maximum atomic E-state index is 10.6. The van der Waals surface area contributed by atoms with Gasteiger partial charge in [0.25, 0.3) is 0 Å². The van der Waals surface area contributed by atoms with Crippen LogP contribution in [0.5, 0.6) is 11.5 Å². The number of nitrogens with one attached hydrogen (secondary N) is 1. The molecule has 3 rings (SSSR count). The molecule has 0 bridgehead atoms. The molecule has 0 spiro atoms. The molecule has 2 N–H and O–H groups in total. The summed E-state index contributed by atoms with van der Waals surface area (Å²) >= 11 is 0. The first-order chi connectivity index (χ1) is 14.7. The Morgan fingerprint density at radius 1 is 1.13 bits per heavy atom. The van der Waals surface area contributed by atoms with Gasteiger partial charge in [-0.25, -0.2) is 0 Å². The zero-order chi connectivity index (χ0) is 21.0. The highest BCUT2D eigenvalue weighted by Gasteiger charge is 2.16. The van der Waals surface area contributed by atoms with Crippen LogP contribution in [0.1, 0.15) is 50.5 Å². The molecule has 6 nitrogen and oxygen atoms in total. The van der Waals surface area contributed by atoms with E-state index in [9.17, 15) is 5.11 Å². The second-order valence-electron chi connectivity index (χ2n) is 8.69. The van der Waals surface area contributed by atoms with Crippen molar-refractivity contribution >= 4 is 0 Å². The number of hydrogen-bond acceptors (Lipinski definition) is 6. The lowest BCUT2D eigenvalue weighted by atomic mass is 10.0. The first-order valence-electron chi connectivity index (χ1n) is 11.7. The Morgan fingerprint density at radius 2 is 1.87 bits per heavy atom. The van der Waals surface area contributed by atoms with Crippen LogP contribution in [0.4, 0.5) is 0 Å². The van der Waals surface area contributed by atoms with Crippen LogP contribution in [0.15, 0.2) is 18.2 Å². The number of benzene rings is 1. The molecule has 2 fully saturated rings. The standard InChI is InChI=1S/C24H40N2O4/c1-28-23-8-7-21(17-25-16-20-9-13-29-14-10-20)24(15-23)30-19-22(27)18-26-11-5-3-2-4-6-12-26/h7-8,15,20,22,25,27H,2-6,9-14,16-19H2,1H3/t22-/m1/s1. The summed E-state index contributed by atoms with van der Waals surface area (Å²) in [7, 11) is 1.67. The van der Waals surface area contributed by atoms with Gasteiger partial charge in [0, 0.05) is 37.9 Å². The molecule has 2 heterocycles. The van der Waals surface area contributed by atoms with Crippen LogP contribution >= 0.6 is 0 Å². The molecule has 1 aromatic carbocycles. The predicted octanol–water partition coefficient (Wildman–Crippen LogP) is 3.22. The first kappa shape index (κ1) is 23.3. The van der Waals surface area contributed by atoms with Gasteiger partial charge < -0.3 is 29.5 Å². The molecule has 30 heavy (non-hydrogen) atoms. The van der Waals surface area contributed by atoms with E-state index in [4.69, 9.17) is 14.2 Å². The third-order valence-corrected chi connectivity index (χ3v) is 6.21. The quantitative estimate of drug-likeness (QED) is 0.606. The van der Waals surface area contributed by atoms with Gasteiger partial charge in [0.05, 0.1) is 7.11 Å². The van der Waals surface area contributed by atoms with Crippen molar-refractivity contribution in [3.05, 3.63) is 23.8 Å². The molecular formula is C24H40N2O4. The second kappa shape index (κ2) is 13.2. The summed E-state index contributed by atoms with van der Waals surface area (Å²) in [6, 6.07) is 5.94. The molecule has 2 saturated heterocycles. The summed E-state index contributed by atoms with van der Waals surface area (Å²) in [6.07, 6.45) is 8.18. The lowest BCUT2D eigenvalue weighted by Crippen LogP contribution is -2.37. The zero-order valence-electron chi connectivity index (χ0n) is 18.6. The fraction of sp³-hybridized carbons (Fsp3) is 0.750. The smallest absolute Gasteiger partial charge is 0.127 e. The number of aliphatic hydroxyl groups excluding tert-OH is 1. The summed E-state index contributed by atoms with van der Waals surface area (Å²) in [5, 5.41) is 14.1. The summed E-state index contributed by atoms with van der Waals surface area (Å²) in [5.41, 5.74) is 1.10. The highest BCUT2D eigenvalue weighted by atomic mass is 16.5. The van der Waals surface area contributed by atoms with Gasteiger partial charge in [-0.3, -0.25) is 0 Å². The van der Waals surface area contributed by atoms with Crippen molar-refractivity contribution in [3.63, 3.8) is 0 Å². The fourth-order valence-electron chi connectivity index (χ4n) is 4.34. The normalized spacial score (nSPS) is 20.3. The van der Waals surface area contributed by atoms with Crippen LogP contribution in [0.3, 0.4) is 0 Å². The Labute approximate surface area is 181 Å². The van der Waals surface area contributed by atoms with Crippen LogP contribution in [0.25, 0.3) is 0 Å². The van der Waals surface area contributed by atoms with E-state index in [1.807, 2.05) is 12.1 Å². The monoisotopic (exact) mass is 420 g/mol. The molecule has 0 aliphatic carbocycles. The van der Waals surface area contributed by atoms with Gasteiger partial charge in [-0.1, -0.05) is 25.3 Å². The van der Waals surface area contributed by atoms with Crippen LogP contribution in [-0.2, 0) is 11.3 Å². The van der Waals surface area contributed by atoms with Crippen LogP contribution in [0.2, 0.25) is 0 Å². The molecule has 0 aromatic heterocycles. The van der Waals surface area contributed by atoms with Crippen molar-refractivity contribution in [2.75, 3.05) is 53.1 Å². The number of ether oxygens (including phenoxy) is 3. The van der Waals surface area contributed by atoms with Gasteiger partial charge in [0.2, 0.25) is 0 Å². The molecular weight excluding hydrogens is 380 g/mol. The Kier molecular flexibility index (Phi) is 10.2. The minimum atomic E-state index is -0.487. The summed E-state index contributed by atoms with van der Waals surface area (Å²) in [4.78, 5) is 2.38. The van der Waals surface area contributed by atoms with Gasteiger partial charge >= 0.3 is 0 Å². The van der Waals surface area contributed by atoms with E-state index in [1.54, 1.807) is 7.11 Å². The Balaban J connectivity index is 1.48. The number of nitrogens with zero attached hydrogens (tertiary/aromatic N) is 1. The fourth-order valence-corrected chi connectivity index (χ4v) is 4.34. The molecule has 1 atom stereocenters. The lowest BCUT2D eigenvalue weighted by Gasteiger charge is -2.27. The van der Waals surface area contributed by atoms with Gasteiger partial charge in [0.1, 0.15) is 24.2 Å². The first-order valence-corrected chi connectivity index (χ1v) is 11.7. The second-order valence-corrected chi connectivity index (χ2v) is 8.69. The average Bonchev–Trinajstić information content (AvgIpc) is 2.75. The van der Waals surface area contributed by atoms with E-state index < -0.39 is 6.10 Å². The highest BCUT2D eigenvalue weighted by molar-refractivity contribution is 5.40. The lowest BCUT2D eigenvalue weighted by molar-refractivity contribution is 0.0644. The molecule has 6 heteroatoms. The predicted molar refractivity (Wildman–Crippen MR) is 119 cm³/mol. The van der Waals surface area contributed by atoms with Crippen molar-refractivity contribution in [2.24, 2.45) is 5.92 Å². The molecule has 0 radical (unpaired) electrons. The largest absolute Gasteiger partial charge is 0.497 e. The number of rotatable bonds is 10. The number of methoxy groups -OCH3 is 1.